The van der Waals surface area contributed by atoms with Gasteiger partial charge in [-0.3, -0.25) is 0 Å². The van der Waals surface area contributed by atoms with E-state index in [1.165, 1.54) is 77.9 Å². The lowest BCUT2D eigenvalue weighted by atomic mass is 9.66. The summed E-state index contributed by atoms with van der Waals surface area (Å²) in [6.45, 7) is 4.76. The number of hydrogen-bond acceptors (Lipinski definition) is 1. The molecule has 59 heavy (non-hydrogen) atoms. The van der Waals surface area contributed by atoms with Crippen LogP contribution in [0.4, 0.5) is 17.1 Å². The Balaban J connectivity index is 1.12. The quantitative estimate of drug-likeness (QED) is 0.157. The summed E-state index contributed by atoms with van der Waals surface area (Å²) in [7, 11) is 0. The second-order valence-corrected chi connectivity index (χ2v) is 16.5. The van der Waals surface area contributed by atoms with E-state index in [1.807, 2.05) is 0 Å². The van der Waals surface area contributed by atoms with Crippen molar-refractivity contribution >= 4 is 17.1 Å². The minimum absolute atomic E-state index is 0.116. The molecular weight excluding hydrogens is 711 g/mol. The van der Waals surface area contributed by atoms with Crippen molar-refractivity contribution in [2.24, 2.45) is 0 Å². The minimum atomic E-state index is -0.513. The molecule has 1 unspecified atom stereocenters. The van der Waals surface area contributed by atoms with Crippen LogP contribution < -0.4 is 4.90 Å². The molecule has 0 bridgehead atoms. The summed E-state index contributed by atoms with van der Waals surface area (Å²) >= 11 is 0. The fourth-order valence-corrected chi connectivity index (χ4v) is 10.2. The van der Waals surface area contributed by atoms with Gasteiger partial charge in [-0.25, -0.2) is 0 Å². The van der Waals surface area contributed by atoms with E-state index < -0.39 is 5.41 Å². The molecule has 0 radical (unpaired) electrons. The summed E-state index contributed by atoms with van der Waals surface area (Å²) in [6.07, 6.45) is 0. The van der Waals surface area contributed by atoms with E-state index in [1.54, 1.807) is 0 Å². The number of fused-ring (bicyclic) bond motifs is 6. The van der Waals surface area contributed by atoms with Crippen molar-refractivity contribution in [2.75, 3.05) is 4.90 Å². The molecule has 1 heteroatoms. The zero-order valence-electron chi connectivity index (χ0n) is 33.3. The largest absolute Gasteiger partial charge is 0.310 e. The lowest BCUT2D eigenvalue weighted by molar-refractivity contribution is 0.655. The molecule has 0 amide bonds. The van der Waals surface area contributed by atoms with E-state index in [2.05, 4.69) is 243 Å². The standard InChI is InChI=1S/C58H43N/c1-57(2)53-27-14-12-25-49(53)51-35-31-45(38-56(51)57)58(44-22-10-5-11-23-44)54-28-15-13-26-50(54)52-39-48(34-36-55(52)58)59(46-32-29-42(30-33-46)40-17-6-3-7-18-40)47-24-16-21-43(37-47)41-19-8-4-9-20-41/h3-39H,1-2H3. The molecule has 0 aromatic heterocycles. The summed E-state index contributed by atoms with van der Waals surface area (Å²) in [5.74, 6) is 0. The Morgan fingerprint density at radius 2 is 0.797 bits per heavy atom. The fraction of sp³-hybridized carbons (Fsp3) is 0.0690. The number of benzene rings is 9. The summed E-state index contributed by atoms with van der Waals surface area (Å²) in [6, 6.07) is 83.0. The highest BCUT2D eigenvalue weighted by atomic mass is 15.1. The van der Waals surface area contributed by atoms with E-state index in [0.29, 0.717) is 0 Å². The van der Waals surface area contributed by atoms with Crippen LogP contribution in [0, 0.1) is 0 Å². The van der Waals surface area contributed by atoms with Crippen LogP contribution in [-0.4, -0.2) is 0 Å². The Bertz CT molecular complexity index is 3000. The maximum atomic E-state index is 2.53. The maximum absolute atomic E-state index is 2.53. The van der Waals surface area contributed by atoms with Crippen LogP contribution in [-0.2, 0) is 10.8 Å². The van der Waals surface area contributed by atoms with Crippen molar-refractivity contribution in [3.63, 3.8) is 0 Å². The smallest absolute Gasteiger partial charge is 0.0713 e. The van der Waals surface area contributed by atoms with Gasteiger partial charge in [0.15, 0.2) is 0 Å². The van der Waals surface area contributed by atoms with Crippen LogP contribution in [0.5, 0.6) is 0 Å². The van der Waals surface area contributed by atoms with Crippen molar-refractivity contribution in [1.82, 2.24) is 0 Å². The first kappa shape index (κ1) is 35.0. The Hall–Kier alpha value is -7.22. The molecule has 11 rings (SSSR count). The highest BCUT2D eigenvalue weighted by molar-refractivity contribution is 5.91. The van der Waals surface area contributed by atoms with Crippen molar-refractivity contribution in [3.05, 3.63) is 258 Å². The van der Waals surface area contributed by atoms with Gasteiger partial charge in [0.2, 0.25) is 0 Å². The summed E-state index contributed by atoms with van der Waals surface area (Å²) in [4.78, 5) is 2.42. The van der Waals surface area contributed by atoms with Gasteiger partial charge in [0.25, 0.3) is 0 Å². The van der Waals surface area contributed by atoms with E-state index >= 15 is 0 Å². The number of nitrogens with zero attached hydrogens (tertiary/aromatic N) is 1. The third kappa shape index (κ3) is 5.46. The molecule has 0 spiro atoms. The SMILES string of the molecule is CC1(C)c2ccccc2-c2ccc(C3(c4ccccc4)c4ccccc4-c4cc(N(c5ccc(-c6ccccc6)cc5)c5cccc(-c6ccccc6)c5)ccc43)cc21. The van der Waals surface area contributed by atoms with Gasteiger partial charge in [0.1, 0.15) is 0 Å². The normalized spacial score (nSPS) is 15.5. The molecule has 280 valence electrons. The summed E-state index contributed by atoms with van der Waals surface area (Å²) in [5, 5.41) is 0. The highest BCUT2D eigenvalue weighted by Gasteiger charge is 2.47. The molecule has 0 aliphatic heterocycles. The van der Waals surface area contributed by atoms with Crippen molar-refractivity contribution in [2.45, 2.75) is 24.7 Å². The van der Waals surface area contributed by atoms with Gasteiger partial charge in [0, 0.05) is 22.5 Å². The van der Waals surface area contributed by atoms with Gasteiger partial charge in [-0.15, -0.1) is 0 Å². The minimum Gasteiger partial charge on any atom is -0.310 e. The first-order valence-corrected chi connectivity index (χ1v) is 20.7. The molecule has 0 N–H and O–H groups in total. The molecular formula is C58H43N. The Labute approximate surface area is 347 Å². The van der Waals surface area contributed by atoms with Crippen LogP contribution in [0.15, 0.2) is 224 Å². The maximum Gasteiger partial charge on any atom is 0.0713 e. The van der Waals surface area contributed by atoms with E-state index in [-0.39, 0.29) is 5.41 Å². The Kier molecular flexibility index (Phi) is 8.13. The zero-order chi connectivity index (χ0) is 39.6. The monoisotopic (exact) mass is 753 g/mol. The topological polar surface area (TPSA) is 3.24 Å². The molecule has 2 aliphatic rings. The van der Waals surface area contributed by atoms with Gasteiger partial charge in [-0.05, 0) is 114 Å². The Morgan fingerprint density at radius 3 is 1.51 bits per heavy atom. The van der Waals surface area contributed by atoms with Gasteiger partial charge in [-0.2, -0.15) is 0 Å². The van der Waals surface area contributed by atoms with Crippen LogP contribution in [0.2, 0.25) is 0 Å². The first-order chi connectivity index (χ1) is 29.0. The van der Waals surface area contributed by atoms with Gasteiger partial charge < -0.3 is 4.90 Å². The molecule has 0 fully saturated rings. The van der Waals surface area contributed by atoms with Crippen LogP contribution in [0.1, 0.15) is 47.2 Å². The first-order valence-electron chi connectivity index (χ1n) is 20.7. The van der Waals surface area contributed by atoms with Crippen LogP contribution in [0.3, 0.4) is 0 Å². The van der Waals surface area contributed by atoms with E-state index in [4.69, 9.17) is 0 Å². The van der Waals surface area contributed by atoms with Crippen molar-refractivity contribution < 1.29 is 0 Å². The summed E-state index contributed by atoms with van der Waals surface area (Å²) in [5.41, 5.74) is 20.7. The molecule has 1 atom stereocenters. The van der Waals surface area contributed by atoms with E-state index in [9.17, 15) is 0 Å². The number of hydrogen-bond donors (Lipinski definition) is 0. The molecule has 0 saturated heterocycles. The average Bonchev–Trinajstić information content (AvgIpc) is 3.73. The molecule has 9 aromatic carbocycles. The van der Waals surface area contributed by atoms with E-state index in [0.717, 1.165) is 17.1 Å². The predicted molar refractivity (Wildman–Crippen MR) is 247 cm³/mol. The molecule has 0 heterocycles. The Morgan fingerprint density at radius 1 is 0.288 bits per heavy atom. The number of rotatable bonds is 7. The van der Waals surface area contributed by atoms with Gasteiger partial charge >= 0.3 is 0 Å². The zero-order valence-corrected chi connectivity index (χ0v) is 33.3. The lowest BCUT2D eigenvalue weighted by Gasteiger charge is -2.35. The van der Waals surface area contributed by atoms with Gasteiger partial charge in [-0.1, -0.05) is 202 Å². The number of anilines is 3. The second kappa shape index (κ2) is 13.7. The molecule has 1 nitrogen and oxygen atoms in total. The van der Waals surface area contributed by atoms with Crippen molar-refractivity contribution in [3.8, 4) is 44.5 Å². The fourth-order valence-electron chi connectivity index (χ4n) is 10.2. The predicted octanol–water partition coefficient (Wildman–Crippen LogP) is 15.2. The molecule has 0 saturated carbocycles. The highest BCUT2D eigenvalue weighted by Crippen LogP contribution is 2.59. The second-order valence-electron chi connectivity index (χ2n) is 16.5. The molecule has 2 aliphatic carbocycles. The van der Waals surface area contributed by atoms with Gasteiger partial charge in [0.05, 0.1) is 5.41 Å². The van der Waals surface area contributed by atoms with Crippen molar-refractivity contribution in [1.29, 1.82) is 0 Å². The third-order valence-electron chi connectivity index (χ3n) is 13.0. The molecule has 9 aromatic rings. The lowest BCUT2D eigenvalue weighted by Crippen LogP contribution is -2.29. The third-order valence-corrected chi connectivity index (χ3v) is 13.0. The van der Waals surface area contributed by atoms with Crippen LogP contribution >= 0.6 is 0 Å². The summed E-state index contributed by atoms with van der Waals surface area (Å²) < 4.78 is 0. The average molecular weight is 754 g/mol. The van der Waals surface area contributed by atoms with Crippen LogP contribution in [0.25, 0.3) is 44.5 Å².